The molecular weight excluding hydrogens is 362 g/mol. The van der Waals surface area contributed by atoms with Crippen LogP contribution in [0.3, 0.4) is 0 Å². The van der Waals surface area contributed by atoms with Crippen LogP contribution in [0, 0.1) is 0 Å². The Morgan fingerprint density at radius 3 is 2.55 bits per heavy atom. The summed E-state index contributed by atoms with van der Waals surface area (Å²) in [5.41, 5.74) is 8.31. The Morgan fingerprint density at radius 1 is 1.21 bits per heavy atom. The number of anilines is 1. The summed E-state index contributed by atoms with van der Waals surface area (Å²) in [6, 6.07) is 10.7. The van der Waals surface area contributed by atoms with Gasteiger partial charge in [0, 0.05) is 31.7 Å². The predicted molar refractivity (Wildman–Crippen MR) is 116 cm³/mol. The van der Waals surface area contributed by atoms with Gasteiger partial charge < -0.3 is 10.6 Å². The molecule has 1 aliphatic rings. The molecule has 1 saturated heterocycles. The van der Waals surface area contributed by atoms with Crippen LogP contribution in [0.5, 0.6) is 0 Å². The van der Waals surface area contributed by atoms with Crippen LogP contribution >= 0.6 is 0 Å². The first-order chi connectivity index (χ1) is 13.8. The van der Waals surface area contributed by atoms with Crippen molar-refractivity contribution >= 4 is 11.7 Å². The number of likely N-dealkylation sites (N-methyl/N-ethyl adjacent to an activating group) is 1. The monoisotopic (exact) mass is 395 g/mol. The van der Waals surface area contributed by atoms with E-state index in [-0.39, 0.29) is 11.8 Å². The van der Waals surface area contributed by atoms with Crippen molar-refractivity contribution in [1.29, 1.82) is 0 Å². The highest BCUT2D eigenvalue weighted by atomic mass is 16.2. The van der Waals surface area contributed by atoms with Crippen LogP contribution in [-0.4, -0.2) is 51.9 Å². The zero-order chi connectivity index (χ0) is 21.0. The summed E-state index contributed by atoms with van der Waals surface area (Å²) in [5.74, 6) is 2.19. The molecule has 29 heavy (non-hydrogen) atoms. The van der Waals surface area contributed by atoms with E-state index in [1.165, 1.54) is 11.1 Å². The Balaban J connectivity index is 1.51. The molecule has 6 heteroatoms. The van der Waals surface area contributed by atoms with Gasteiger partial charge in [-0.15, -0.1) is 0 Å². The van der Waals surface area contributed by atoms with Crippen molar-refractivity contribution in [2.24, 2.45) is 0 Å². The quantitative estimate of drug-likeness (QED) is 0.777. The predicted octanol–water partition coefficient (Wildman–Crippen LogP) is 3.41. The number of hydrogen-bond donors (Lipinski definition) is 1. The van der Waals surface area contributed by atoms with Crippen LogP contribution in [-0.2, 0) is 11.3 Å². The molecule has 2 heterocycles. The van der Waals surface area contributed by atoms with Crippen LogP contribution < -0.4 is 5.73 Å². The highest BCUT2D eigenvalue weighted by molar-refractivity contribution is 5.77. The highest BCUT2D eigenvalue weighted by Crippen LogP contribution is 2.24. The number of carbonyl (C=O) groups excluding carboxylic acids is 1. The van der Waals surface area contributed by atoms with E-state index in [1.807, 2.05) is 4.90 Å². The van der Waals surface area contributed by atoms with Crippen molar-refractivity contribution < 1.29 is 4.79 Å². The van der Waals surface area contributed by atoms with Gasteiger partial charge in [0.1, 0.15) is 11.6 Å². The van der Waals surface area contributed by atoms with E-state index in [4.69, 9.17) is 5.73 Å². The molecule has 1 fully saturated rings. The number of amides is 1. The minimum absolute atomic E-state index is 0.223. The first-order valence-corrected chi connectivity index (χ1v) is 10.5. The summed E-state index contributed by atoms with van der Waals surface area (Å²) in [5, 5.41) is 0. The highest BCUT2D eigenvalue weighted by Gasteiger charge is 2.29. The van der Waals surface area contributed by atoms with Crippen LogP contribution in [0.25, 0.3) is 0 Å². The number of nitrogen functional groups attached to an aromatic ring is 1. The van der Waals surface area contributed by atoms with Crippen LogP contribution in [0.15, 0.2) is 36.5 Å². The number of hydrogen-bond acceptors (Lipinski definition) is 5. The number of likely N-dealkylation sites (tertiary alicyclic amines) is 1. The van der Waals surface area contributed by atoms with Gasteiger partial charge in [-0.1, -0.05) is 45.0 Å². The second kappa shape index (κ2) is 9.35. The number of rotatable bonds is 7. The fourth-order valence-electron chi connectivity index (χ4n) is 3.89. The summed E-state index contributed by atoms with van der Waals surface area (Å²) in [6.45, 7) is 8.74. The average Bonchev–Trinajstić information content (AvgIpc) is 3.18. The molecular formula is C23H33N5O. The molecule has 2 aromatic rings. The Kier molecular flexibility index (Phi) is 6.85. The number of carbonyl (C=O) groups is 1. The van der Waals surface area contributed by atoms with Gasteiger partial charge in [0.25, 0.3) is 0 Å². The zero-order valence-electron chi connectivity index (χ0n) is 18.0. The molecule has 6 nitrogen and oxygen atoms in total. The fraction of sp³-hybridized carbons (Fsp3) is 0.522. The van der Waals surface area contributed by atoms with Gasteiger partial charge >= 0.3 is 0 Å². The molecule has 0 bridgehead atoms. The molecule has 1 amide bonds. The van der Waals surface area contributed by atoms with Gasteiger partial charge in [-0.05, 0) is 42.5 Å². The Hall–Kier alpha value is -2.47. The van der Waals surface area contributed by atoms with Crippen LogP contribution in [0.1, 0.15) is 62.4 Å². The third-order valence-electron chi connectivity index (χ3n) is 5.91. The minimum Gasteiger partial charge on any atom is -0.384 e. The molecule has 0 aliphatic carbocycles. The molecule has 2 N–H and O–H groups in total. The summed E-state index contributed by atoms with van der Waals surface area (Å²) < 4.78 is 0. The van der Waals surface area contributed by atoms with Crippen molar-refractivity contribution in [1.82, 2.24) is 19.8 Å². The lowest BCUT2D eigenvalue weighted by Crippen LogP contribution is -2.36. The van der Waals surface area contributed by atoms with Crippen LogP contribution in [0.4, 0.5) is 5.82 Å². The van der Waals surface area contributed by atoms with Crippen molar-refractivity contribution in [3.05, 3.63) is 53.5 Å². The lowest BCUT2D eigenvalue weighted by atomic mass is 9.94. The largest absolute Gasteiger partial charge is 0.384 e. The number of nitrogens with two attached hydrogens (primary N) is 1. The summed E-state index contributed by atoms with van der Waals surface area (Å²) in [4.78, 5) is 25.6. The number of aromatic nitrogens is 2. The Morgan fingerprint density at radius 2 is 1.90 bits per heavy atom. The van der Waals surface area contributed by atoms with Gasteiger partial charge in [0.05, 0.1) is 6.54 Å². The topological polar surface area (TPSA) is 75.4 Å². The SMILES string of the molecule is CC(C)c1ccc([C@H](C)CC(=O)N2CC[C@H](N(C)Cc3nccc(N)n3)C2)cc1. The van der Waals surface area contributed by atoms with Crippen molar-refractivity contribution in [2.75, 3.05) is 25.9 Å². The molecule has 156 valence electrons. The first kappa shape index (κ1) is 21.2. The normalized spacial score (nSPS) is 17.9. The number of benzene rings is 1. The van der Waals surface area contributed by atoms with Gasteiger partial charge in [-0.2, -0.15) is 0 Å². The third kappa shape index (κ3) is 5.54. The van der Waals surface area contributed by atoms with Crippen molar-refractivity contribution in [3.63, 3.8) is 0 Å². The molecule has 2 atom stereocenters. The van der Waals surface area contributed by atoms with Gasteiger partial charge in [0.2, 0.25) is 5.91 Å². The lowest BCUT2D eigenvalue weighted by molar-refractivity contribution is -0.130. The van der Waals surface area contributed by atoms with E-state index >= 15 is 0 Å². The van der Waals surface area contributed by atoms with Crippen molar-refractivity contribution in [2.45, 2.75) is 58.0 Å². The molecule has 0 spiro atoms. The molecule has 0 unspecified atom stereocenters. The lowest BCUT2D eigenvalue weighted by Gasteiger charge is -2.24. The zero-order valence-corrected chi connectivity index (χ0v) is 18.0. The minimum atomic E-state index is 0.223. The summed E-state index contributed by atoms with van der Waals surface area (Å²) >= 11 is 0. The third-order valence-corrected chi connectivity index (χ3v) is 5.91. The van der Waals surface area contributed by atoms with E-state index in [0.29, 0.717) is 30.7 Å². The maximum absolute atomic E-state index is 12.8. The maximum Gasteiger partial charge on any atom is 0.223 e. The second-order valence-corrected chi connectivity index (χ2v) is 8.52. The average molecular weight is 396 g/mol. The van der Waals surface area contributed by atoms with E-state index in [9.17, 15) is 4.79 Å². The van der Waals surface area contributed by atoms with E-state index < -0.39 is 0 Å². The molecule has 0 saturated carbocycles. The standard InChI is InChI=1S/C23H33N5O/c1-16(2)18-5-7-19(8-6-18)17(3)13-23(29)28-12-10-20(14-28)27(4)15-22-25-11-9-21(24)26-22/h5-9,11,16-17,20H,10,12-15H2,1-4H3,(H2,24,25,26)/t17-,20+/m1/s1. The second-order valence-electron chi connectivity index (χ2n) is 8.52. The molecule has 1 aliphatic heterocycles. The fourth-order valence-corrected chi connectivity index (χ4v) is 3.89. The molecule has 3 rings (SSSR count). The summed E-state index contributed by atoms with van der Waals surface area (Å²) in [6.07, 6.45) is 3.21. The number of nitrogens with zero attached hydrogens (tertiary/aromatic N) is 4. The van der Waals surface area contributed by atoms with E-state index in [0.717, 1.165) is 25.3 Å². The van der Waals surface area contributed by atoms with Gasteiger partial charge in [0.15, 0.2) is 0 Å². The maximum atomic E-state index is 12.8. The molecule has 1 aromatic carbocycles. The van der Waals surface area contributed by atoms with Gasteiger partial charge in [-0.25, -0.2) is 9.97 Å². The molecule has 1 aromatic heterocycles. The van der Waals surface area contributed by atoms with Crippen molar-refractivity contribution in [3.8, 4) is 0 Å². The smallest absolute Gasteiger partial charge is 0.223 e. The Bertz CT molecular complexity index is 820. The molecule has 0 radical (unpaired) electrons. The van der Waals surface area contributed by atoms with Crippen LogP contribution in [0.2, 0.25) is 0 Å². The first-order valence-electron chi connectivity index (χ1n) is 10.5. The van der Waals surface area contributed by atoms with Gasteiger partial charge in [-0.3, -0.25) is 9.69 Å². The summed E-state index contributed by atoms with van der Waals surface area (Å²) in [7, 11) is 2.06. The Labute approximate surface area is 174 Å². The van der Waals surface area contributed by atoms with E-state index in [2.05, 4.69) is 67.0 Å². The van der Waals surface area contributed by atoms with E-state index in [1.54, 1.807) is 12.3 Å².